The predicted octanol–water partition coefficient (Wildman–Crippen LogP) is 3.51. The van der Waals surface area contributed by atoms with Crippen molar-refractivity contribution in [1.82, 2.24) is 4.98 Å². The van der Waals surface area contributed by atoms with E-state index in [-0.39, 0.29) is 12.4 Å². The van der Waals surface area contributed by atoms with Crippen LogP contribution in [0.4, 0.5) is 4.39 Å². The van der Waals surface area contributed by atoms with Crippen LogP contribution in [0, 0.1) is 5.82 Å². The van der Waals surface area contributed by atoms with Gasteiger partial charge in [0.15, 0.2) is 0 Å². The summed E-state index contributed by atoms with van der Waals surface area (Å²) in [5, 5.41) is 0.957. The van der Waals surface area contributed by atoms with Crippen molar-refractivity contribution in [2.24, 2.45) is 5.73 Å². The van der Waals surface area contributed by atoms with Crippen LogP contribution < -0.4 is 10.5 Å². The van der Waals surface area contributed by atoms with Gasteiger partial charge in [0, 0.05) is 29.8 Å². The van der Waals surface area contributed by atoms with Gasteiger partial charge >= 0.3 is 0 Å². The average molecular weight is 282 g/mol. The molecule has 1 aromatic heterocycles. The summed E-state index contributed by atoms with van der Waals surface area (Å²) < 4.78 is 19.1. The number of rotatable bonds is 3. The van der Waals surface area contributed by atoms with E-state index >= 15 is 0 Å². The number of ether oxygens (including phenoxy) is 1. The Morgan fingerprint density at radius 3 is 2.71 bits per heavy atom. The van der Waals surface area contributed by atoms with E-state index in [2.05, 4.69) is 4.98 Å². The molecule has 0 bridgehead atoms. The molecule has 0 radical (unpaired) electrons. The number of benzene rings is 2. The molecule has 0 aliphatic rings. The molecule has 3 rings (SSSR count). The molecule has 4 heteroatoms. The van der Waals surface area contributed by atoms with Gasteiger partial charge in [-0.25, -0.2) is 4.39 Å². The fourth-order valence-electron chi connectivity index (χ4n) is 2.39. The first kappa shape index (κ1) is 13.5. The number of pyridine rings is 1. The second-order valence-electron chi connectivity index (χ2n) is 4.75. The number of hydrogen-bond donors (Lipinski definition) is 1. The third-order valence-corrected chi connectivity index (χ3v) is 3.53. The molecular weight excluding hydrogens is 267 g/mol. The molecule has 0 saturated carbocycles. The van der Waals surface area contributed by atoms with Gasteiger partial charge in [-0.2, -0.15) is 0 Å². The van der Waals surface area contributed by atoms with E-state index in [0.29, 0.717) is 5.56 Å². The van der Waals surface area contributed by atoms with E-state index in [4.69, 9.17) is 10.5 Å². The number of halogens is 1. The number of nitrogens with zero attached hydrogens (tertiary/aromatic N) is 1. The van der Waals surface area contributed by atoms with Crippen molar-refractivity contribution < 1.29 is 9.13 Å². The van der Waals surface area contributed by atoms with Gasteiger partial charge in [-0.05, 0) is 35.4 Å². The highest BCUT2D eigenvalue weighted by Crippen LogP contribution is 2.30. The zero-order valence-electron chi connectivity index (χ0n) is 11.6. The van der Waals surface area contributed by atoms with Crippen molar-refractivity contribution >= 4 is 10.9 Å². The summed E-state index contributed by atoms with van der Waals surface area (Å²) in [6.45, 7) is 0.195. The number of hydrogen-bond acceptors (Lipinski definition) is 3. The maximum Gasteiger partial charge on any atom is 0.128 e. The highest BCUT2D eigenvalue weighted by Gasteiger charge is 2.08. The summed E-state index contributed by atoms with van der Waals surface area (Å²) in [7, 11) is 1.62. The van der Waals surface area contributed by atoms with Crippen molar-refractivity contribution in [2.75, 3.05) is 7.11 Å². The SMILES string of the molecule is COc1ccc2c(-c3ccc(CN)c(F)c3)ccnc2c1. The average Bonchev–Trinajstić information content (AvgIpc) is 2.53. The largest absolute Gasteiger partial charge is 0.497 e. The van der Waals surface area contributed by atoms with Gasteiger partial charge in [0.2, 0.25) is 0 Å². The molecule has 0 fully saturated rings. The third-order valence-electron chi connectivity index (χ3n) is 3.53. The van der Waals surface area contributed by atoms with Gasteiger partial charge in [0.25, 0.3) is 0 Å². The first-order valence-corrected chi connectivity index (χ1v) is 6.64. The maximum absolute atomic E-state index is 13.9. The molecule has 0 amide bonds. The van der Waals surface area contributed by atoms with E-state index in [9.17, 15) is 4.39 Å². The van der Waals surface area contributed by atoms with Crippen LogP contribution in [0.5, 0.6) is 5.75 Å². The molecule has 3 aromatic rings. The maximum atomic E-state index is 13.9. The Bertz CT molecular complexity index is 802. The highest BCUT2D eigenvalue weighted by molar-refractivity contribution is 5.94. The van der Waals surface area contributed by atoms with Crippen LogP contribution in [0.15, 0.2) is 48.7 Å². The number of fused-ring (bicyclic) bond motifs is 1. The zero-order valence-corrected chi connectivity index (χ0v) is 11.6. The molecule has 0 spiro atoms. The molecule has 0 aliphatic carbocycles. The molecule has 3 nitrogen and oxygen atoms in total. The molecular formula is C17H15FN2O. The van der Waals surface area contributed by atoms with Crippen LogP contribution >= 0.6 is 0 Å². The Morgan fingerprint density at radius 1 is 1.14 bits per heavy atom. The quantitative estimate of drug-likeness (QED) is 0.799. The van der Waals surface area contributed by atoms with Gasteiger partial charge in [0.05, 0.1) is 12.6 Å². The molecule has 2 aromatic carbocycles. The van der Waals surface area contributed by atoms with Gasteiger partial charge < -0.3 is 10.5 Å². The van der Waals surface area contributed by atoms with E-state index in [1.807, 2.05) is 30.3 Å². The second kappa shape index (κ2) is 5.50. The Hall–Kier alpha value is -2.46. The molecule has 0 aliphatic heterocycles. The van der Waals surface area contributed by atoms with Crippen molar-refractivity contribution in [3.05, 3.63) is 60.0 Å². The van der Waals surface area contributed by atoms with Crippen molar-refractivity contribution in [3.63, 3.8) is 0 Å². The van der Waals surface area contributed by atoms with Crippen LogP contribution in [-0.4, -0.2) is 12.1 Å². The Kier molecular flexibility index (Phi) is 3.54. The smallest absolute Gasteiger partial charge is 0.128 e. The fraction of sp³-hybridized carbons (Fsp3) is 0.118. The first-order chi connectivity index (χ1) is 10.2. The van der Waals surface area contributed by atoms with Gasteiger partial charge in [-0.3, -0.25) is 4.98 Å². The summed E-state index contributed by atoms with van der Waals surface area (Å²) in [5.74, 6) is 0.463. The molecule has 21 heavy (non-hydrogen) atoms. The lowest BCUT2D eigenvalue weighted by Crippen LogP contribution is -1.99. The summed E-state index contributed by atoms with van der Waals surface area (Å²) in [5.41, 5.74) is 8.57. The Morgan fingerprint density at radius 2 is 2.00 bits per heavy atom. The van der Waals surface area contributed by atoms with Gasteiger partial charge in [-0.15, -0.1) is 0 Å². The Labute approximate surface area is 122 Å². The molecule has 0 atom stereocenters. The standard InChI is InChI=1S/C17H15FN2O/c1-21-13-4-5-15-14(6-7-20-17(15)9-13)11-2-3-12(10-19)16(18)8-11/h2-9H,10,19H2,1H3. The number of aromatic nitrogens is 1. The van der Waals surface area contributed by atoms with E-state index in [1.54, 1.807) is 19.4 Å². The zero-order chi connectivity index (χ0) is 14.8. The predicted molar refractivity (Wildman–Crippen MR) is 81.6 cm³/mol. The van der Waals surface area contributed by atoms with E-state index in [0.717, 1.165) is 27.8 Å². The molecule has 1 heterocycles. The fourth-order valence-corrected chi connectivity index (χ4v) is 2.39. The van der Waals surface area contributed by atoms with Crippen molar-refractivity contribution in [1.29, 1.82) is 0 Å². The minimum absolute atomic E-state index is 0.195. The second-order valence-corrected chi connectivity index (χ2v) is 4.75. The van der Waals surface area contributed by atoms with E-state index in [1.165, 1.54) is 6.07 Å². The number of methoxy groups -OCH3 is 1. The topological polar surface area (TPSA) is 48.1 Å². The molecule has 2 N–H and O–H groups in total. The lowest BCUT2D eigenvalue weighted by Gasteiger charge is -2.09. The summed E-state index contributed by atoms with van der Waals surface area (Å²) in [6.07, 6.45) is 1.71. The molecule has 106 valence electrons. The summed E-state index contributed by atoms with van der Waals surface area (Å²) in [4.78, 5) is 4.34. The van der Waals surface area contributed by atoms with Crippen LogP contribution in [0.2, 0.25) is 0 Å². The normalized spacial score (nSPS) is 10.8. The minimum Gasteiger partial charge on any atom is -0.497 e. The lowest BCUT2D eigenvalue weighted by atomic mass is 10.00. The Balaban J connectivity index is 2.18. The van der Waals surface area contributed by atoms with Gasteiger partial charge in [-0.1, -0.05) is 12.1 Å². The van der Waals surface area contributed by atoms with Crippen LogP contribution in [-0.2, 0) is 6.54 Å². The first-order valence-electron chi connectivity index (χ1n) is 6.64. The van der Waals surface area contributed by atoms with Crippen LogP contribution in [0.25, 0.3) is 22.0 Å². The summed E-state index contributed by atoms with van der Waals surface area (Å²) in [6, 6.07) is 12.7. The molecule has 0 saturated heterocycles. The minimum atomic E-state index is -0.284. The van der Waals surface area contributed by atoms with Crippen LogP contribution in [0.3, 0.4) is 0 Å². The molecule has 0 unspecified atom stereocenters. The summed E-state index contributed by atoms with van der Waals surface area (Å²) >= 11 is 0. The van der Waals surface area contributed by atoms with Crippen molar-refractivity contribution in [2.45, 2.75) is 6.54 Å². The van der Waals surface area contributed by atoms with Gasteiger partial charge in [0.1, 0.15) is 11.6 Å². The highest BCUT2D eigenvalue weighted by atomic mass is 19.1. The number of nitrogens with two attached hydrogens (primary N) is 1. The van der Waals surface area contributed by atoms with Crippen LogP contribution in [0.1, 0.15) is 5.56 Å². The monoisotopic (exact) mass is 282 g/mol. The lowest BCUT2D eigenvalue weighted by molar-refractivity contribution is 0.415. The van der Waals surface area contributed by atoms with Crippen molar-refractivity contribution in [3.8, 4) is 16.9 Å². The third kappa shape index (κ3) is 2.45. The van der Waals surface area contributed by atoms with E-state index < -0.39 is 0 Å².